The van der Waals surface area contributed by atoms with E-state index in [9.17, 15) is 0 Å². The van der Waals surface area contributed by atoms with Crippen LogP contribution in [0.25, 0.3) is 0 Å². The molecule has 1 aliphatic rings. The Hall–Kier alpha value is -1.20. The van der Waals surface area contributed by atoms with Crippen LogP contribution >= 0.6 is 0 Å². The van der Waals surface area contributed by atoms with E-state index in [0.717, 1.165) is 50.6 Å². The van der Waals surface area contributed by atoms with E-state index < -0.39 is 0 Å². The number of nitrogens with zero attached hydrogens (tertiary/aromatic N) is 3. The maximum Gasteiger partial charge on any atom is 0.145 e. The molecule has 1 saturated heterocycles. The minimum absolute atomic E-state index is 0.514. The number of aromatic nitrogens is 2. The lowest BCUT2D eigenvalue weighted by molar-refractivity contribution is 0.132. The smallest absolute Gasteiger partial charge is 0.145 e. The van der Waals surface area contributed by atoms with Gasteiger partial charge in [-0.1, -0.05) is 0 Å². The molecule has 0 amide bonds. The molecule has 1 aromatic heterocycles. The highest BCUT2D eigenvalue weighted by atomic mass is 16.5. The third-order valence-corrected chi connectivity index (χ3v) is 3.31. The van der Waals surface area contributed by atoms with Crippen LogP contribution in [-0.4, -0.2) is 54.3 Å². The van der Waals surface area contributed by atoms with Crippen molar-refractivity contribution < 1.29 is 4.74 Å². The summed E-state index contributed by atoms with van der Waals surface area (Å²) in [6, 6.07) is 0.514. The molecule has 1 fully saturated rings. The van der Waals surface area contributed by atoms with Crippen molar-refractivity contribution in [2.45, 2.75) is 25.8 Å². The third kappa shape index (κ3) is 3.92. The lowest BCUT2D eigenvalue weighted by Crippen LogP contribution is -2.40. The molecule has 0 aromatic carbocycles. The van der Waals surface area contributed by atoms with Crippen LogP contribution in [0.3, 0.4) is 0 Å². The van der Waals surface area contributed by atoms with Gasteiger partial charge in [0.25, 0.3) is 0 Å². The average Bonchev–Trinajstić information content (AvgIpc) is 2.38. The van der Waals surface area contributed by atoms with Crippen LogP contribution in [0, 0.1) is 6.92 Å². The number of hydrogen-bond acceptors (Lipinski definition) is 5. The molecular weight excluding hydrogens is 228 g/mol. The first-order valence-corrected chi connectivity index (χ1v) is 6.54. The zero-order chi connectivity index (χ0) is 12.8. The molecule has 0 unspecified atom stereocenters. The topological polar surface area (TPSA) is 50.3 Å². The summed E-state index contributed by atoms with van der Waals surface area (Å²) in [5.41, 5.74) is 0.956. The van der Waals surface area contributed by atoms with Gasteiger partial charge in [-0.3, -0.25) is 4.98 Å². The number of aryl methyl sites for hydroxylation is 1. The van der Waals surface area contributed by atoms with Crippen molar-refractivity contribution in [3.63, 3.8) is 0 Å². The Bertz CT molecular complexity index is 364. The van der Waals surface area contributed by atoms with Gasteiger partial charge in [-0.15, -0.1) is 0 Å². The van der Waals surface area contributed by atoms with Crippen molar-refractivity contribution in [1.82, 2.24) is 14.9 Å². The Morgan fingerprint density at radius 2 is 2.17 bits per heavy atom. The van der Waals surface area contributed by atoms with Gasteiger partial charge in [-0.25, -0.2) is 4.98 Å². The molecule has 1 aliphatic heterocycles. The summed E-state index contributed by atoms with van der Waals surface area (Å²) in [6.07, 6.45) is 5.88. The quantitative estimate of drug-likeness (QED) is 0.854. The molecule has 0 atom stereocenters. The highest BCUT2D eigenvalue weighted by Crippen LogP contribution is 2.14. The Kier molecular flexibility index (Phi) is 4.90. The zero-order valence-corrected chi connectivity index (χ0v) is 11.2. The Morgan fingerprint density at radius 1 is 1.39 bits per heavy atom. The number of nitrogens with one attached hydrogen (secondary N) is 1. The molecule has 2 rings (SSSR count). The van der Waals surface area contributed by atoms with E-state index in [1.807, 2.05) is 6.92 Å². The number of piperidine rings is 1. The summed E-state index contributed by atoms with van der Waals surface area (Å²) in [6.45, 7) is 6.07. The SMILES string of the molecule is COCCN1CCC(Nc2cncc(C)n2)CC1. The predicted molar refractivity (Wildman–Crippen MR) is 71.7 cm³/mol. The molecule has 18 heavy (non-hydrogen) atoms. The molecule has 1 aromatic rings. The number of hydrogen-bond donors (Lipinski definition) is 1. The molecule has 0 aliphatic carbocycles. The van der Waals surface area contributed by atoms with E-state index >= 15 is 0 Å². The summed E-state index contributed by atoms with van der Waals surface area (Å²) in [5.74, 6) is 0.894. The molecule has 100 valence electrons. The van der Waals surface area contributed by atoms with Gasteiger partial charge >= 0.3 is 0 Å². The first-order valence-electron chi connectivity index (χ1n) is 6.54. The maximum atomic E-state index is 5.10. The maximum absolute atomic E-state index is 5.10. The van der Waals surface area contributed by atoms with Crippen molar-refractivity contribution in [2.24, 2.45) is 0 Å². The van der Waals surface area contributed by atoms with E-state index in [1.54, 1.807) is 19.5 Å². The van der Waals surface area contributed by atoms with Crippen molar-refractivity contribution >= 4 is 5.82 Å². The van der Waals surface area contributed by atoms with Crippen molar-refractivity contribution in [3.05, 3.63) is 18.1 Å². The second-order valence-corrected chi connectivity index (χ2v) is 4.80. The van der Waals surface area contributed by atoms with Crippen LogP contribution < -0.4 is 5.32 Å². The van der Waals surface area contributed by atoms with E-state index in [0.29, 0.717) is 6.04 Å². The van der Waals surface area contributed by atoms with Gasteiger partial charge in [0.05, 0.1) is 18.5 Å². The number of rotatable bonds is 5. The molecule has 2 heterocycles. The van der Waals surface area contributed by atoms with Gasteiger partial charge < -0.3 is 15.0 Å². The highest BCUT2D eigenvalue weighted by molar-refractivity contribution is 5.33. The van der Waals surface area contributed by atoms with Gasteiger partial charge in [-0.2, -0.15) is 0 Å². The molecule has 5 nitrogen and oxygen atoms in total. The van der Waals surface area contributed by atoms with Crippen LogP contribution in [0.1, 0.15) is 18.5 Å². The van der Waals surface area contributed by atoms with Gasteiger partial charge in [0.15, 0.2) is 0 Å². The second kappa shape index (κ2) is 6.66. The minimum atomic E-state index is 0.514. The average molecular weight is 250 g/mol. The van der Waals surface area contributed by atoms with Crippen molar-refractivity contribution in [1.29, 1.82) is 0 Å². The van der Waals surface area contributed by atoms with Crippen LogP contribution in [0.5, 0.6) is 0 Å². The molecule has 0 bridgehead atoms. The van der Waals surface area contributed by atoms with Crippen LogP contribution in [0.4, 0.5) is 5.82 Å². The van der Waals surface area contributed by atoms with Gasteiger partial charge in [0, 0.05) is 39.0 Å². The standard InChI is InChI=1S/C13H22N4O/c1-11-9-14-10-13(15-11)16-12-3-5-17(6-4-12)7-8-18-2/h9-10,12H,3-8H2,1-2H3,(H,15,16). The van der Waals surface area contributed by atoms with E-state index in [-0.39, 0.29) is 0 Å². The summed E-state index contributed by atoms with van der Waals surface area (Å²) < 4.78 is 5.10. The van der Waals surface area contributed by atoms with E-state index in [4.69, 9.17) is 4.74 Å². The van der Waals surface area contributed by atoms with Crippen molar-refractivity contribution in [2.75, 3.05) is 38.7 Å². The summed E-state index contributed by atoms with van der Waals surface area (Å²) in [7, 11) is 1.75. The number of methoxy groups -OCH3 is 1. The largest absolute Gasteiger partial charge is 0.383 e. The first-order chi connectivity index (χ1) is 8.78. The molecule has 5 heteroatoms. The Labute approximate surface area is 109 Å². The van der Waals surface area contributed by atoms with E-state index in [1.165, 1.54) is 0 Å². The summed E-state index contributed by atoms with van der Waals surface area (Å²) >= 11 is 0. The molecule has 0 radical (unpaired) electrons. The van der Waals surface area contributed by atoms with Crippen LogP contribution in [0.2, 0.25) is 0 Å². The lowest BCUT2D eigenvalue weighted by atomic mass is 10.1. The molecular formula is C13H22N4O. The second-order valence-electron chi connectivity index (χ2n) is 4.80. The summed E-state index contributed by atoms with van der Waals surface area (Å²) in [4.78, 5) is 11.0. The third-order valence-electron chi connectivity index (χ3n) is 3.31. The fourth-order valence-electron chi connectivity index (χ4n) is 2.26. The Morgan fingerprint density at radius 3 is 2.83 bits per heavy atom. The summed E-state index contributed by atoms with van der Waals surface area (Å²) in [5, 5.41) is 3.47. The van der Waals surface area contributed by atoms with Crippen LogP contribution in [0.15, 0.2) is 12.4 Å². The first kappa shape index (κ1) is 13.2. The molecule has 1 N–H and O–H groups in total. The zero-order valence-electron chi connectivity index (χ0n) is 11.2. The molecule has 0 spiro atoms. The Balaban J connectivity index is 1.76. The number of likely N-dealkylation sites (tertiary alicyclic amines) is 1. The van der Waals surface area contributed by atoms with Gasteiger partial charge in [-0.05, 0) is 19.8 Å². The fraction of sp³-hybridized carbons (Fsp3) is 0.692. The monoisotopic (exact) mass is 250 g/mol. The van der Waals surface area contributed by atoms with Gasteiger partial charge in [0.2, 0.25) is 0 Å². The number of anilines is 1. The van der Waals surface area contributed by atoms with E-state index in [2.05, 4.69) is 20.2 Å². The lowest BCUT2D eigenvalue weighted by Gasteiger charge is -2.32. The number of ether oxygens (including phenoxy) is 1. The van der Waals surface area contributed by atoms with Crippen molar-refractivity contribution in [3.8, 4) is 0 Å². The normalized spacial score (nSPS) is 17.9. The highest BCUT2D eigenvalue weighted by Gasteiger charge is 2.18. The van der Waals surface area contributed by atoms with Crippen LogP contribution in [-0.2, 0) is 4.74 Å². The minimum Gasteiger partial charge on any atom is -0.383 e. The molecule has 0 saturated carbocycles. The fourth-order valence-corrected chi connectivity index (χ4v) is 2.26. The predicted octanol–water partition coefficient (Wildman–Crippen LogP) is 1.31. The van der Waals surface area contributed by atoms with Gasteiger partial charge in [0.1, 0.15) is 5.82 Å².